The van der Waals surface area contributed by atoms with Crippen LogP contribution in [-0.2, 0) is 19.6 Å². The van der Waals surface area contributed by atoms with Gasteiger partial charge in [0.25, 0.3) is 0 Å². The average molecular weight is 388 g/mol. The van der Waals surface area contributed by atoms with E-state index in [4.69, 9.17) is 11.6 Å². The van der Waals surface area contributed by atoms with Crippen molar-refractivity contribution in [2.45, 2.75) is 19.4 Å². The summed E-state index contributed by atoms with van der Waals surface area (Å²) in [7, 11) is -3.67. The van der Waals surface area contributed by atoms with Crippen molar-refractivity contribution < 1.29 is 18.0 Å². The van der Waals surface area contributed by atoms with E-state index in [0.717, 1.165) is 17.0 Å². The number of carbonyl (C=O) groups is 2. The van der Waals surface area contributed by atoms with Crippen molar-refractivity contribution in [2.75, 3.05) is 36.7 Å². The zero-order valence-corrected chi connectivity index (χ0v) is 15.8. The first kappa shape index (κ1) is 19.5. The number of halogens is 1. The van der Waals surface area contributed by atoms with Crippen molar-refractivity contribution in [3.63, 3.8) is 0 Å². The van der Waals surface area contributed by atoms with Crippen molar-refractivity contribution >= 4 is 39.6 Å². The SMILES string of the molecule is CC[C@@H](C(=O)N1CCN(C=O)CC1)N(c1ccc(Cl)cc1)S(C)(=O)=O. The summed E-state index contributed by atoms with van der Waals surface area (Å²) in [6.07, 6.45) is 2.18. The van der Waals surface area contributed by atoms with Gasteiger partial charge < -0.3 is 9.80 Å². The Kier molecular flexibility index (Phi) is 6.29. The summed E-state index contributed by atoms with van der Waals surface area (Å²) in [5.41, 5.74) is 0.402. The van der Waals surface area contributed by atoms with Gasteiger partial charge in [-0.05, 0) is 30.7 Å². The van der Waals surface area contributed by atoms with Gasteiger partial charge in [-0.3, -0.25) is 13.9 Å². The van der Waals surface area contributed by atoms with Crippen molar-refractivity contribution in [1.29, 1.82) is 0 Å². The molecule has 1 aliphatic rings. The van der Waals surface area contributed by atoms with Crippen LogP contribution in [0, 0.1) is 0 Å². The first-order chi connectivity index (χ1) is 11.8. The topological polar surface area (TPSA) is 78.0 Å². The van der Waals surface area contributed by atoms with Crippen LogP contribution in [0.1, 0.15) is 13.3 Å². The van der Waals surface area contributed by atoms with Crippen LogP contribution >= 0.6 is 11.6 Å². The Bertz CT molecular complexity index is 715. The van der Waals surface area contributed by atoms with Gasteiger partial charge in [-0.25, -0.2) is 8.42 Å². The van der Waals surface area contributed by atoms with Gasteiger partial charge in [-0.15, -0.1) is 0 Å². The van der Waals surface area contributed by atoms with Crippen molar-refractivity contribution in [1.82, 2.24) is 9.80 Å². The highest BCUT2D eigenvalue weighted by Crippen LogP contribution is 2.25. The molecule has 138 valence electrons. The molecule has 9 heteroatoms. The van der Waals surface area contributed by atoms with Crippen LogP contribution in [0.25, 0.3) is 0 Å². The third-order valence-corrected chi connectivity index (χ3v) is 5.60. The van der Waals surface area contributed by atoms with Gasteiger partial charge in [0, 0.05) is 31.2 Å². The number of amides is 2. The first-order valence-corrected chi connectivity index (χ1v) is 10.2. The summed E-state index contributed by atoms with van der Waals surface area (Å²) < 4.78 is 25.9. The monoisotopic (exact) mass is 387 g/mol. The minimum atomic E-state index is -3.67. The Labute approximate surface area is 153 Å². The summed E-state index contributed by atoms with van der Waals surface area (Å²) in [5, 5.41) is 0.488. The molecule has 1 aromatic rings. The molecule has 0 unspecified atom stereocenters. The second-order valence-electron chi connectivity index (χ2n) is 5.93. The lowest BCUT2D eigenvalue weighted by molar-refractivity contribution is -0.136. The smallest absolute Gasteiger partial charge is 0.246 e. The second-order valence-corrected chi connectivity index (χ2v) is 8.22. The van der Waals surface area contributed by atoms with Crippen LogP contribution in [0.4, 0.5) is 5.69 Å². The minimum Gasteiger partial charge on any atom is -0.342 e. The molecule has 2 amide bonds. The predicted molar refractivity (Wildman–Crippen MR) is 97.1 cm³/mol. The van der Waals surface area contributed by atoms with Crippen molar-refractivity contribution in [2.24, 2.45) is 0 Å². The lowest BCUT2D eigenvalue weighted by Gasteiger charge is -2.37. The number of piperazine rings is 1. The van der Waals surface area contributed by atoms with E-state index in [-0.39, 0.29) is 5.91 Å². The predicted octanol–water partition coefficient (Wildman–Crippen LogP) is 1.19. The molecule has 1 aromatic carbocycles. The molecule has 0 spiro atoms. The summed E-state index contributed by atoms with van der Waals surface area (Å²) >= 11 is 5.88. The molecule has 0 N–H and O–H groups in total. The fraction of sp³-hybridized carbons (Fsp3) is 0.500. The lowest BCUT2D eigenvalue weighted by atomic mass is 10.1. The van der Waals surface area contributed by atoms with Gasteiger partial charge in [-0.2, -0.15) is 0 Å². The number of nitrogens with zero attached hydrogens (tertiary/aromatic N) is 3. The molecule has 1 aliphatic heterocycles. The van der Waals surface area contributed by atoms with Crippen molar-refractivity contribution in [3.05, 3.63) is 29.3 Å². The Morgan fingerprint density at radius 2 is 1.80 bits per heavy atom. The van der Waals surface area contributed by atoms with E-state index in [9.17, 15) is 18.0 Å². The fourth-order valence-electron chi connectivity index (χ4n) is 2.89. The zero-order chi connectivity index (χ0) is 18.6. The highest BCUT2D eigenvalue weighted by Gasteiger charge is 2.35. The first-order valence-electron chi connectivity index (χ1n) is 8.01. The lowest BCUT2D eigenvalue weighted by Crippen LogP contribution is -2.55. The normalized spacial score (nSPS) is 16.4. The quantitative estimate of drug-likeness (QED) is 0.687. The molecule has 2 rings (SSSR count). The number of hydrogen-bond donors (Lipinski definition) is 0. The van der Waals surface area contributed by atoms with Crippen molar-refractivity contribution in [3.8, 4) is 0 Å². The number of hydrogen-bond acceptors (Lipinski definition) is 4. The third-order valence-electron chi connectivity index (χ3n) is 4.17. The maximum Gasteiger partial charge on any atom is 0.246 e. The molecular formula is C16H22ClN3O4S. The van der Waals surface area contributed by atoms with Crippen LogP contribution in [0.2, 0.25) is 5.02 Å². The molecule has 1 atom stereocenters. The molecule has 1 fully saturated rings. The fourth-order valence-corrected chi connectivity index (χ4v) is 4.22. The van der Waals surface area contributed by atoms with Gasteiger partial charge >= 0.3 is 0 Å². The molecule has 0 aliphatic carbocycles. The summed E-state index contributed by atoms with van der Waals surface area (Å²) in [6.45, 7) is 3.47. The van der Waals surface area contributed by atoms with Gasteiger partial charge in [-0.1, -0.05) is 18.5 Å². The van der Waals surface area contributed by atoms with Crippen LogP contribution < -0.4 is 4.31 Å². The standard InChI is InChI=1S/C16H22ClN3O4S/c1-3-15(16(22)19-10-8-18(12-21)9-11-19)20(25(2,23)24)14-6-4-13(17)5-7-14/h4-7,12,15H,3,8-11H2,1-2H3/t15-/m0/s1. The molecule has 1 heterocycles. The molecule has 0 aromatic heterocycles. The third kappa shape index (κ3) is 4.64. The molecule has 7 nitrogen and oxygen atoms in total. The van der Waals surface area contributed by atoms with E-state index < -0.39 is 16.1 Å². The van der Waals surface area contributed by atoms with E-state index in [1.807, 2.05) is 0 Å². The van der Waals surface area contributed by atoms with Gasteiger partial charge in [0.2, 0.25) is 22.3 Å². The average Bonchev–Trinajstić information content (AvgIpc) is 2.59. The van der Waals surface area contributed by atoms with E-state index in [0.29, 0.717) is 43.3 Å². The van der Waals surface area contributed by atoms with Crippen LogP contribution in [0.5, 0.6) is 0 Å². The Morgan fingerprint density at radius 3 is 2.24 bits per heavy atom. The van der Waals surface area contributed by atoms with E-state index in [1.165, 1.54) is 0 Å². The Morgan fingerprint density at radius 1 is 1.24 bits per heavy atom. The number of benzene rings is 1. The summed E-state index contributed by atoms with van der Waals surface area (Å²) in [4.78, 5) is 27.0. The van der Waals surface area contributed by atoms with E-state index in [1.54, 1.807) is 41.0 Å². The van der Waals surface area contributed by atoms with Crippen LogP contribution in [-0.4, -0.2) is 69.0 Å². The van der Waals surface area contributed by atoms with E-state index >= 15 is 0 Å². The molecule has 0 bridgehead atoms. The minimum absolute atomic E-state index is 0.256. The molecule has 25 heavy (non-hydrogen) atoms. The van der Waals surface area contributed by atoms with Crippen LogP contribution in [0.15, 0.2) is 24.3 Å². The Balaban J connectivity index is 2.29. The summed E-state index contributed by atoms with van der Waals surface area (Å²) in [5.74, 6) is -0.256. The number of sulfonamides is 1. The van der Waals surface area contributed by atoms with Crippen LogP contribution in [0.3, 0.4) is 0 Å². The number of anilines is 1. The number of rotatable bonds is 6. The highest BCUT2D eigenvalue weighted by atomic mass is 35.5. The van der Waals surface area contributed by atoms with Gasteiger partial charge in [0.05, 0.1) is 11.9 Å². The van der Waals surface area contributed by atoms with Gasteiger partial charge in [0.15, 0.2) is 0 Å². The highest BCUT2D eigenvalue weighted by molar-refractivity contribution is 7.92. The second kappa shape index (κ2) is 8.05. The molecular weight excluding hydrogens is 366 g/mol. The Hall–Kier alpha value is -1.80. The van der Waals surface area contributed by atoms with Gasteiger partial charge in [0.1, 0.15) is 6.04 Å². The summed E-state index contributed by atoms with van der Waals surface area (Å²) in [6, 6.07) is 5.52. The zero-order valence-electron chi connectivity index (χ0n) is 14.3. The molecule has 0 saturated carbocycles. The maximum atomic E-state index is 12.9. The molecule has 1 saturated heterocycles. The maximum absolute atomic E-state index is 12.9. The number of carbonyl (C=O) groups excluding carboxylic acids is 2. The van der Waals surface area contributed by atoms with E-state index in [2.05, 4.69) is 0 Å². The molecule has 0 radical (unpaired) electrons. The largest absolute Gasteiger partial charge is 0.342 e.